The topological polar surface area (TPSA) is 86.7 Å². The molecule has 4 rings (SSSR count). The lowest BCUT2D eigenvalue weighted by atomic mass is 9.74. The molecule has 0 fully saturated rings. The number of carbonyl (C=O) groups excluding carboxylic acids is 2. The molecular weight excluding hydrogens is 400 g/mol. The van der Waals surface area contributed by atoms with Gasteiger partial charge in [-0.3, -0.25) is 19.3 Å². The standard InChI is InChI=1S/C23H24N2O4S/c1-23(2)12-15-21(17(26)13-23)22(18-8-5-11-30-18)25(19(27)9-10-20(28)29)16-7-4-3-6-14(16)24-15/h3-8,11,22,24H,9-10,12-13H2,1-2H3,(H,28,29)/t22-/m1/s1. The number of Topliss-reactive ketones (excluding diaryl/α,β-unsaturated/α-hetero) is 1. The van der Waals surface area contributed by atoms with Crippen LogP contribution in [0, 0.1) is 5.41 Å². The number of aliphatic carboxylic acids is 1. The van der Waals surface area contributed by atoms with Crippen molar-refractivity contribution in [2.45, 2.75) is 45.6 Å². The van der Waals surface area contributed by atoms with Crippen LogP contribution in [0.2, 0.25) is 0 Å². The van der Waals surface area contributed by atoms with Gasteiger partial charge in [-0.15, -0.1) is 11.3 Å². The van der Waals surface area contributed by atoms with E-state index in [0.29, 0.717) is 24.1 Å². The Balaban J connectivity index is 1.92. The average molecular weight is 425 g/mol. The first-order chi connectivity index (χ1) is 14.3. The summed E-state index contributed by atoms with van der Waals surface area (Å²) in [6.07, 6.45) is 0.715. The number of carboxylic acids is 1. The molecule has 2 heterocycles. The van der Waals surface area contributed by atoms with Crippen LogP contribution in [-0.4, -0.2) is 22.8 Å². The van der Waals surface area contributed by atoms with E-state index in [9.17, 15) is 14.4 Å². The number of allylic oxidation sites excluding steroid dienone is 1. The van der Waals surface area contributed by atoms with Crippen molar-refractivity contribution in [1.82, 2.24) is 0 Å². The largest absolute Gasteiger partial charge is 0.481 e. The van der Waals surface area contributed by atoms with Gasteiger partial charge in [-0.2, -0.15) is 0 Å². The van der Waals surface area contributed by atoms with Crippen molar-refractivity contribution >= 4 is 40.4 Å². The number of rotatable bonds is 4. The van der Waals surface area contributed by atoms with Crippen molar-refractivity contribution in [3.8, 4) is 0 Å². The number of benzene rings is 1. The van der Waals surface area contributed by atoms with E-state index in [1.54, 1.807) is 4.90 Å². The lowest BCUT2D eigenvalue weighted by molar-refractivity contribution is -0.138. The van der Waals surface area contributed by atoms with Gasteiger partial charge < -0.3 is 10.4 Å². The Morgan fingerprint density at radius 1 is 1.17 bits per heavy atom. The van der Waals surface area contributed by atoms with Gasteiger partial charge in [0, 0.05) is 29.0 Å². The molecule has 1 aromatic heterocycles. The average Bonchev–Trinajstić information content (AvgIpc) is 3.15. The third-order valence-electron chi connectivity index (χ3n) is 5.53. The van der Waals surface area contributed by atoms with E-state index in [-0.39, 0.29) is 29.9 Å². The highest BCUT2D eigenvalue weighted by Crippen LogP contribution is 2.49. The molecule has 0 bridgehead atoms. The molecule has 1 aliphatic carbocycles. The summed E-state index contributed by atoms with van der Waals surface area (Å²) >= 11 is 1.49. The molecule has 7 heteroatoms. The Kier molecular flexibility index (Phi) is 5.24. The van der Waals surface area contributed by atoms with Crippen LogP contribution in [0.3, 0.4) is 0 Å². The maximum atomic E-state index is 13.4. The maximum absolute atomic E-state index is 13.4. The van der Waals surface area contributed by atoms with E-state index < -0.39 is 12.0 Å². The fourth-order valence-corrected chi connectivity index (χ4v) is 5.14. The van der Waals surface area contributed by atoms with Crippen LogP contribution in [-0.2, 0) is 14.4 Å². The summed E-state index contributed by atoms with van der Waals surface area (Å²) in [6, 6.07) is 10.7. The minimum Gasteiger partial charge on any atom is -0.481 e. The van der Waals surface area contributed by atoms with Gasteiger partial charge in [0.2, 0.25) is 5.91 Å². The number of carbonyl (C=O) groups is 3. The SMILES string of the molecule is CC1(C)CC(=O)C2=C(C1)Nc1ccccc1N(C(=O)CCC(=O)O)[C@@H]2c1cccs1. The highest BCUT2D eigenvalue weighted by molar-refractivity contribution is 7.10. The molecule has 6 nitrogen and oxygen atoms in total. The lowest BCUT2D eigenvalue weighted by Gasteiger charge is -2.36. The van der Waals surface area contributed by atoms with Gasteiger partial charge in [-0.25, -0.2) is 0 Å². The molecule has 0 saturated heterocycles. The zero-order valence-corrected chi connectivity index (χ0v) is 17.8. The summed E-state index contributed by atoms with van der Waals surface area (Å²) in [5.41, 5.74) is 2.68. The predicted octanol–water partition coefficient (Wildman–Crippen LogP) is 4.76. The van der Waals surface area contributed by atoms with Gasteiger partial charge in [0.05, 0.1) is 17.8 Å². The van der Waals surface area contributed by atoms with E-state index >= 15 is 0 Å². The van der Waals surface area contributed by atoms with Crippen molar-refractivity contribution in [3.05, 3.63) is 57.9 Å². The number of carboxylic acid groups (broad SMARTS) is 1. The first kappa shape index (κ1) is 20.3. The predicted molar refractivity (Wildman–Crippen MR) is 117 cm³/mol. The second kappa shape index (κ2) is 7.72. The van der Waals surface area contributed by atoms with Crippen LogP contribution in [0.5, 0.6) is 0 Å². The molecule has 2 N–H and O–H groups in total. The van der Waals surface area contributed by atoms with Crippen LogP contribution in [0.4, 0.5) is 11.4 Å². The molecule has 2 aromatic rings. The molecule has 0 unspecified atom stereocenters. The summed E-state index contributed by atoms with van der Waals surface area (Å²) < 4.78 is 0. The van der Waals surface area contributed by atoms with Crippen LogP contribution in [0.15, 0.2) is 53.0 Å². The van der Waals surface area contributed by atoms with Crippen LogP contribution in [0.25, 0.3) is 0 Å². The molecule has 0 radical (unpaired) electrons. The van der Waals surface area contributed by atoms with E-state index in [1.807, 2.05) is 41.8 Å². The number of nitrogens with zero attached hydrogens (tertiary/aromatic N) is 1. The molecule has 1 aromatic carbocycles. The van der Waals surface area contributed by atoms with E-state index in [4.69, 9.17) is 5.11 Å². The van der Waals surface area contributed by atoms with Gasteiger partial charge in [0.15, 0.2) is 5.78 Å². The van der Waals surface area contributed by atoms with Gasteiger partial charge in [-0.05, 0) is 35.4 Å². The molecule has 0 spiro atoms. The fraction of sp³-hybridized carbons (Fsp3) is 0.348. The molecule has 1 atom stereocenters. The summed E-state index contributed by atoms with van der Waals surface area (Å²) in [5.74, 6) is -1.31. The van der Waals surface area contributed by atoms with Crippen molar-refractivity contribution in [3.63, 3.8) is 0 Å². The number of fused-ring (bicyclic) bond motifs is 1. The fourth-order valence-electron chi connectivity index (χ4n) is 4.31. The quantitative estimate of drug-likeness (QED) is 0.739. The summed E-state index contributed by atoms with van der Waals surface area (Å²) in [4.78, 5) is 40.3. The third-order valence-corrected chi connectivity index (χ3v) is 6.46. The summed E-state index contributed by atoms with van der Waals surface area (Å²) in [5, 5.41) is 14.5. The second-order valence-electron chi connectivity index (χ2n) is 8.55. The molecule has 0 saturated carbocycles. The number of hydrogen-bond acceptors (Lipinski definition) is 5. The first-order valence-corrected chi connectivity index (χ1v) is 10.8. The van der Waals surface area contributed by atoms with E-state index in [0.717, 1.165) is 16.3 Å². The van der Waals surface area contributed by atoms with Gasteiger partial charge in [-0.1, -0.05) is 32.0 Å². The molecular formula is C23H24N2O4S. The van der Waals surface area contributed by atoms with Gasteiger partial charge in [0.1, 0.15) is 6.04 Å². The Hall–Kier alpha value is -2.93. The Morgan fingerprint density at radius 3 is 2.63 bits per heavy atom. The molecule has 2 aliphatic rings. The Bertz CT molecular complexity index is 1040. The zero-order chi connectivity index (χ0) is 21.5. The first-order valence-electron chi connectivity index (χ1n) is 9.96. The van der Waals surface area contributed by atoms with Crippen LogP contribution < -0.4 is 10.2 Å². The number of thiophene rings is 1. The van der Waals surface area contributed by atoms with Gasteiger partial charge in [0.25, 0.3) is 0 Å². The van der Waals surface area contributed by atoms with E-state index in [1.165, 1.54) is 11.3 Å². The lowest BCUT2D eigenvalue weighted by Crippen LogP contribution is -2.39. The van der Waals surface area contributed by atoms with Crippen molar-refractivity contribution in [1.29, 1.82) is 0 Å². The Labute approximate surface area is 179 Å². The van der Waals surface area contributed by atoms with Crippen LogP contribution in [0.1, 0.15) is 50.4 Å². The van der Waals surface area contributed by atoms with Crippen LogP contribution >= 0.6 is 11.3 Å². The number of para-hydroxylation sites is 2. The highest BCUT2D eigenvalue weighted by Gasteiger charge is 2.43. The molecule has 156 valence electrons. The monoisotopic (exact) mass is 424 g/mol. The number of ketones is 1. The van der Waals surface area contributed by atoms with Gasteiger partial charge >= 0.3 is 5.97 Å². The third kappa shape index (κ3) is 3.77. The van der Waals surface area contributed by atoms with E-state index in [2.05, 4.69) is 19.2 Å². The number of hydrogen-bond donors (Lipinski definition) is 2. The van der Waals surface area contributed by atoms with Crippen molar-refractivity contribution in [2.24, 2.45) is 5.41 Å². The number of anilines is 2. The zero-order valence-electron chi connectivity index (χ0n) is 17.0. The number of nitrogens with one attached hydrogen (secondary N) is 1. The molecule has 1 amide bonds. The minimum absolute atomic E-state index is 0.0241. The van der Waals surface area contributed by atoms with Crippen molar-refractivity contribution < 1.29 is 19.5 Å². The summed E-state index contributed by atoms with van der Waals surface area (Å²) in [7, 11) is 0. The highest BCUT2D eigenvalue weighted by atomic mass is 32.1. The minimum atomic E-state index is -1.02. The smallest absolute Gasteiger partial charge is 0.303 e. The van der Waals surface area contributed by atoms with Crippen molar-refractivity contribution in [2.75, 3.05) is 10.2 Å². The maximum Gasteiger partial charge on any atom is 0.303 e. The second-order valence-corrected chi connectivity index (χ2v) is 9.53. The molecule has 1 aliphatic heterocycles. The molecule has 30 heavy (non-hydrogen) atoms. The number of amides is 1. The Morgan fingerprint density at radius 2 is 1.93 bits per heavy atom. The normalized spacial score (nSPS) is 20.1. The summed E-state index contributed by atoms with van der Waals surface area (Å²) in [6.45, 7) is 4.15.